The summed E-state index contributed by atoms with van der Waals surface area (Å²) in [5, 5.41) is 0. The largest absolute Gasteiger partial charge is 0.441 e. The van der Waals surface area contributed by atoms with Crippen molar-refractivity contribution >= 4 is 16.1 Å². The van der Waals surface area contributed by atoms with Crippen molar-refractivity contribution in [2.24, 2.45) is 11.8 Å². The third kappa shape index (κ3) is 2.16. The average Bonchev–Trinajstić information content (AvgIpc) is 3.27. The van der Waals surface area contributed by atoms with E-state index < -0.39 is 27.9 Å². The normalized spacial score (nSPS) is 36.9. The first-order valence-corrected chi connectivity index (χ1v) is 11.1. The molecule has 0 unspecified atom stereocenters. The molecule has 5 rings (SSSR count). The number of carbonyl (C=O) groups is 1. The van der Waals surface area contributed by atoms with Crippen molar-refractivity contribution in [1.29, 1.82) is 0 Å². The van der Waals surface area contributed by atoms with Gasteiger partial charge in [-0.1, -0.05) is 23.8 Å². The second kappa shape index (κ2) is 6.05. The first-order chi connectivity index (χ1) is 13.4. The molecule has 8 heteroatoms. The molecule has 0 saturated carbocycles. The van der Waals surface area contributed by atoms with Gasteiger partial charge in [-0.05, 0) is 43.7 Å². The van der Waals surface area contributed by atoms with Crippen LogP contribution in [0.4, 0.5) is 4.79 Å². The summed E-state index contributed by atoms with van der Waals surface area (Å²) >= 11 is 0. The summed E-state index contributed by atoms with van der Waals surface area (Å²) in [7, 11) is -3.75. The maximum atomic E-state index is 13.4. The number of piperidine rings is 1. The molecule has 4 fully saturated rings. The molecule has 1 spiro atoms. The zero-order valence-corrected chi connectivity index (χ0v) is 16.6. The molecular weight excluding hydrogens is 380 g/mol. The first kappa shape index (κ1) is 18.1. The van der Waals surface area contributed by atoms with Gasteiger partial charge < -0.3 is 9.47 Å². The molecule has 1 aromatic rings. The summed E-state index contributed by atoms with van der Waals surface area (Å²) in [4.78, 5) is 14.6. The molecule has 0 aromatic heterocycles. The van der Waals surface area contributed by atoms with Crippen molar-refractivity contribution in [2.45, 2.75) is 42.5 Å². The summed E-state index contributed by atoms with van der Waals surface area (Å²) in [6, 6.07) is 6.84. The Hall–Kier alpha value is -1.90. The van der Waals surface area contributed by atoms with Crippen molar-refractivity contribution in [3.63, 3.8) is 0 Å². The topological polar surface area (TPSA) is 76.2 Å². The lowest BCUT2D eigenvalue weighted by Crippen LogP contribution is -2.66. The highest BCUT2D eigenvalue weighted by Gasteiger charge is 2.75. The van der Waals surface area contributed by atoms with E-state index in [1.807, 2.05) is 13.0 Å². The highest BCUT2D eigenvalue weighted by atomic mass is 32.2. The van der Waals surface area contributed by atoms with E-state index in [0.29, 0.717) is 19.5 Å². The number of rotatable bonds is 4. The molecule has 150 valence electrons. The van der Waals surface area contributed by atoms with Crippen molar-refractivity contribution in [3.05, 3.63) is 42.5 Å². The summed E-state index contributed by atoms with van der Waals surface area (Å²) in [6.07, 6.45) is 1.84. The molecule has 4 aliphatic rings. The molecule has 4 saturated heterocycles. The van der Waals surface area contributed by atoms with Crippen LogP contribution < -0.4 is 0 Å². The van der Waals surface area contributed by atoms with Crippen molar-refractivity contribution in [1.82, 2.24) is 9.21 Å². The molecule has 0 N–H and O–H groups in total. The maximum absolute atomic E-state index is 13.4. The zero-order chi connectivity index (χ0) is 19.7. The van der Waals surface area contributed by atoms with Gasteiger partial charge in [-0.2, -0.15) is 4.31 Å². The van der Waals surface area contributed by atoms with E-state index in [2.05, 4.69) is 6.58 Å². The molecule has 28 heavy (non-hydrogen) atoms. The average molecular weight is 404 g/mol. The van der Waals surface area contributed by atoms with E-state index in [0.717, 1.165) is 12.0 Å². The minimum absolute atomic E-state index is 0.138. The number of aryl methyl sites for hydroxylation is 1. The van der Waals surface area contributed by atoms with Gasteiger partial charge in [0.1, 0.15) is 5.54 Å². The molecule has 0 aliphatic carbocycles. The molecule has 1 aromatic carbocycles. The highest BCUT2D eigenvalue weighted by molar-refractivity contribution is 7.89. The number of benzene rings is 1. The Morgan fingerprint density at radius 1 is 1.32 bits per heavy atom. The van der Waals surface area contributed by atoms with Crippen LogP contribution in [0.5, 0.6) is 0 Å². The van der Waals surface area contributed by atoms with Gasteiger partial charge in [-0.3, -0.25) is 4.90 Å². The van der Waals surface area contributed by atoms with E-state index in [4.69, 9.17) is 9.47 Å². The fourth-order valence-electron chi connectivity index (χ4n) is 5.69. The Bertz CT molecular complexity index is 930. The minimum Gasteiger partial charge on any atom is -0.441 e. The Balaban J connectivity index is 1.58. The lowest BCUT2D eigenvalue weighted by atomic mass is 9.71. The van der Waals surface area contributed by atoms with E-state index in [9.17, 15) is 13.2 Å². The molecule has 4 heterocycles. The number of sulfonamides is 1. The molecular formula is C20H24N2O5S. The molecule has 0 radical (unpaired) electrons. The second-order valence-electron chi connectivity index (χ2n) is 8.16. The third-order valence-electron chi connectivity index (χ3n) is 6.85. The molecule has 7 nitrogen and oxygen atoms in total. The number of amides is 1. The first-order valence-electron chi connectivity index (χ1n) is 9.70. The van der Waals surface area contributed by atoms with Crippen LogP contribution in [0.1, 0.15) is 18.4 Å². The zero-order valence-electron chi connectivity index (χ0n) is 15.8. The number of ether oxygens (including phenoxy) is 2. The van der Waals surface area contributed by atoms with Crippen LogP contribution in [-0.4, -0.2) is 61.3 Å². The number of hydrogen-bond donors (Lipinski definition) is 0. The SMILES string of the molecule is C=CC[C@@H]1CN2C(=O)O[C@@H]3CO[C@H]4N(S(=O)(=O)c5ccc(C)cc5)CC[C@@H]1[C@@]342. The Kier molecular flexibility index (Phi) is 3.92. The van der Waals surface area contributed by atoms with Gasteiger partial charge in [0.15, 0.2) is 12.3 Å². The number of hydrogen-bond acceptors (Lipinski definition) is 5. The van der Waals surface area contributed by atoms with Crippen LogP contribution in [-0.2, 0) is 19.5 Å². The monoisotopic (exact) mass is 404 g/mol. The summed E-state index contributed by atoms with van der Waals surface area (Å²) in [5.41, 5.74) is 0.262. The quantitative estimate of drug-likeness (QED) is 0.719. The number of carbonyl (C=O) groups excluding carboxylic acids is 1. The van der Waals surface area contributed by atoms with E-state index >= 15 is 0 Å². The van der Waals surface area contributed by atoms with Crippen molar-refractivity contribution in [3.8, 4) is 0 Å². The van der Waals surface area contributed by atoms with Gasteiger partial charge in [-0.15, -0.1) is 6.58 Å². The number of nitrogens with zero attached hydrogens (tertiary/aromatic N) is 2. The summed E-state index contributed by atoms with van der Waals surface area (Å²) < 4.78 is 39.9. The lowest BCUT2D eigenvalue weighted by molar-refractivity contribution is -0.0735. The van der Waals surface area contributed by atoms with Crippen LogP contribution in [0, 0.1) is 18.8 Å². The minimum atomic E-state index is -3.75. The van der Waals surface area contributed by atoms with Crippen LogP contribution in [0.15, 0.2) is 41.8 Å². The predicted molar refractivity (Wildman–Crippen MR) is 101 cm³/mol. The molecule has 4 aliphatic heterocycles. The molecule has 0 bridgehead atoms. The van der Waals surface area contributed by atoms with E-state index in [-0.39, 0.29) is 29.4 Å². The van der Waals surface area contributed by atoms with Crippen LogP contribution in [0.25, 0.3) is 0 Å². The fraction of sp³-hybridized carbons (Fsp3) is 0.550. The molecule has 1 amide bonds. The third-order valence-corrected chi connectivity index (χ3v) is 8.71. The highest BCUT2D eigenvalue weighted by Crippen LogP contribution is 2.57. The van der Waals surface area contributed by atoms with Gasteiger partial charge in [0.05, 0.1) is 11.5 Å². The lowest BCUT2D eigenvalue weighted by Gasteiger charge is -2.47. The Morgan fingerprint density at radius 3 is 2.79 bits per heavy atom. The van der Waals surface area contributed by atoms with Crippen LogP contribution in [0.2, 0.25) is 0 Å². The Labute approximate surface area is 164 Å². The van der Waals surface area contributed by atoms with Gasteiger partial charge in [0, 0.05) is 13.1 Å². The van der Waals surface area contributed by atoms with Crippen LogP contribution >= 0.6 is 0 Å². The maximum Gasteiger partial charge on any atom is 0.410 e. The second-order valence-corrected chi connectivity index (χ2v) is 10.1. The smallest absolute Gasteiger partial charge is 0.410 e. The van der Waals surface area contributed by atoms with Crippen molar-refractivity contribution < 1.29 is 22.7 Å². The molecule has 5 atom stereocenters. The predicted octanol–water partition coefficient (Wildman–Crippen LogP) is 2.13. The summed E-state index contributed by atoms with van der Waals surface area (Å²) in [6.45, 7) is 6.93. The van der Waals surface area contributed by atoms with E-state index in [1.165, 1.54) is 4.31 Å². The Morgan fingerprint density at radius 2 is 2.07 bits per heavy atom. The van der Waals surface area contributed by atoms with Gasteiger partial charge in [0.2, 0.25) is 10.0 Å². The fourth-order valence-corrected chi connectivity index (χ4v) is 7.26. The summed E-state index contributed by atoms with van der Waals surface area (Å²) in [5.74, 6) is 0.389. The van der Waals surface area contributed by atoms with Crippen LogP contribution in [0.3, 0.4) is 0 Å². The van der Waals surface area contributed by atoms with Gasteiger partial charge in [-0.25, -0.2) is 13.2 Å². The number of allylic oxidation sites excluding steroid dienone is 1. The van der Waals surface area contributed by atoms with Gasteiger partial charge in [0.25, 0.3) is 0 Å². The van der Waals surface area contributed by atoms with E-state index in [1.54, 1.807) is 29.2 Å². The van der Waals surface area contributed by atoms with Gasteiger partial charge >= 0.3 is 6.09 Å². The standard InChI is InChI=1S/C20H24N2O5S/c1-3-4-14-11-21-19(23)27-17-12-26-18-20(17,21)16(14)9-10-22(18)28(24,25)15-7-5-13(2)6-8-15/h3,5-8,14,16-18H,1,4,9-12H2,2H3/t14-,16+,17-,18-,20-/m1/s1. The van der Waals surface area contributed by atoms with Crippen molar-refractivity contribution in [2.75, 3.05) is 19.7 Å².